The first-order valence-corrected chi connectivity index (χ1v) is 30.2. The van der Waals surface area contributed by atoms with Gasteiger partial charge >= 0.3 is 23.9 Å². The fraction of sp³-hybridized carbons (Fsp3) is 0.531. The third-order valence-corrected chi connectivity index (χ3v) is 18.4. The van der Waals surface area contributed by atoms with Crippen LogP contribution in [0.1, 0.15) is 128 Å². The van der Waals surface area contributed by atoms with E-state index < -0.39 is 29.2 Å². The quantitative estimate of drug-likeness (QED) is 0.0547. The molecular formula is C64H74F2N10O9. The van der Waals surface area contributed by atoms with Crippen molar-refractivity contribution in [2.75, 3.05) is 57.4 Å². The molecule has 6 aliphatic heterocycles. The summed E-state index contributed by atoms with van der Waals surface area (Å²) < 4.78 is 60.6. The number of terminal acetylenes is 1. The van der Waals surface area contributed by atoms with Crippen LogP contribution in [0.15, 0.2) is 59.5 Å². The molecule has 0 saturated carbocycles. The maximum absolute atomic E-state index is 17.5. The number of benzene rings is 3. The third kappa shape index (κ3) is 11.3. The van der Waals surface area contributed by atoms with E-state index in [-0.39, 0.29) is 96.0 Å². The first-order valence-electron chi connectivity index (χ1n) is 30.2. The molecule has 3 aromatic carbocycles. The third-order valence-electron chi connectivity index (χ3n) is 18.4. The SMILES string of the molecule is C#Cc1c(F)ccc2cccc(-c3ncc4c(N5CC6CCC(C5)N6C(=O)OC(C)(C)C)nc(OC[C@@]56CCCN5[C@H](COC(=O)N5CCC(OCCCCCCc7cccc8c7n(C)c(=O)n8C7CCC(=O)NC7=O)CC5)CC6)nc4c3F)c12. The van der Waals surface area contributed by atoms with Gasteiger partial charge in [-0.2, -0.15) is 9.97 Å². The van der Waals surface area contributed by atoms with E-state index in [1.54, 1.807) is 47.0 Å². The van der Waals surface area contributed by atoms with Gasteiger partial charge in [0.1, 0.15) is 47.7 Å². The van der Waals surface area contributed by atoms with Crippen molar-refractivity contribution in [3.05, 3.63) is 88.0 Å². The van der Waals surface area contributed by atoms with E-state index in [0.717, 1.165) is 101 Å². The average molecular weight is 1170 g/mol. The number of hydrogen-bond acceptors (Lipinski definition) is 14. The summed E-state index contributed by atoms with van der Waals surface area (Å²) in [5.41, 5.74) is 1.56. The van der Waals surface area contributed by atoms with Gasteiger partial charge in [0.25, 0.3) is 0 Å². The Bertz CT molecular complexity index is 3680. The number of pyridine rings is 1. The summed E-state index contributed by atoms with van der Waals surface area (Å²) in [6.45, 7) is 9.42. The van der Waals surface area contributed by atoms with Gasteiger partial charge in [0.05, 0.1) is 45.7 Å². The highest BCUT2D eigenvalue weighted by atomic mass is 19.1. The van der Waals surface area contributed by atoms with Gasteiger partial charge in [0.15, 0.2) is 5.82 Å². The number of fused-ring (bicyclic) bond motifs is 6. The van der Waals surface area contributed by atoms with Gasteiger partial charge in [-0.3, -0.25) is 38.8 Å². The number of imidazole rings is 1. The van der Waals surface area contributed by atoms with Crippen LogP contribution in [0.2, 0.25) is 0 Å². The first-order chi connectivity index (χ1) is 41.0. The normalized spacial score (nSPS) is 22.8. The molecule has 2 bridgehead atoms. The number of piperidine rings is 2. The van der Waals surface area contributed by atoms with Crippen molar-refractivity contribution in [1.82, 2.24) is 44.1 Å². The predicted octanol–water partition coefficient (Wildman–Crippen LogP) is 9.12. The highest BCUT2D eigenvalue weighted by Gasteiger charge is 2.51. The van der Waals surface area contributed by atoms with Gasteiger partial charge in [-0.1, -0.05) is 55.2 Å². The molecule has 6 saturated heterocycles. The van der Waals surface area contributed by atoms with E-state index in [9.17, 15) is 24.0 Å². The second-order valence-corrected chi connectivity index (χ2v) is 24.9. The zero-order valence-corrected chi connectivity index (χ0v) is 48.9. The lowest BCUT2D eigenvalue weighted by Gasteiger charge is -2.42. The van der Waals surface area contributed by atoms with E-state index in [0.29, 0.717) is 72.3 Å². The smallest absolute Gasteiger partial charge is 0.410 e. The van der Waals surface area contributed by atoms with Crippen LogP contribution in [-0.2, 0) is 37.3 Å². The zero-order chi connectivity index (χ0) is 59.3. The summed E-state index contributed by atoms with van der Waals surface area (Å²) in [6, 6.07) is 12.9. The number of hydrogen-bond donors (Lipinski definition) is 1. The highest BCUT2D eigenvalue weighted by Crippen LogP contribution is 2.44. The Balaban J connectivity index is 0.650. The number of aryl methyl sites for hydroxylation is 2. The second-order valence-electron chi connectivity index (χ2n) is 24.9. The number of likely N-dealkylation sites (tertiary alicyclic amines) is 1. The molecule has 6 aliphatic rings. The summed E-state index contributed by atoms with van der Waals surface area (Å²) in [5.74, 6) is 0.814. The molecule has 9 heterocycles. The van der Waals surface area contributed by atoms with Crippen LogP contribution < -0.4 is 20.6 Å². The number of anilines is 1. The van der Waals surface area contributed by atoms with Gasteiger partial charge < -0.3 is 28.7 Å². The van der Waals surface area contributed by atoms with Crippen molar-refractivity contribution in [1.29, 1.82) is 0 Å². The molecule has 0 aliphatic carbocycles. The maximum Gasteiger partial charge on any atom is 0.410 e. The van der Waals surface area contributed by atoms with Crippen LogP contribution in [0.5, 0.6) is 6.01 Å². The largest absolute Gasteiger partial charge is 0.461 e. The van der Waals surface area contributed by atoms with Gasteiger partial charge in [0.2, 0.25) is 11.8 Å². The molecule has 21 heteroatoms. The van der Waals surface area contributed by atoms with Gasteiger partial charge in [-0.15, -0.1) is 6.42 Å². The molecule has 85 heavy (non-hydrogen) atoms. The number of ether oxygens (including phenoxy) is 4. The Hall–Kier alpha value is -7.70. The number of imide groups is 1. The molecule has 448 valence electrons. The minimum Gasteiger partial charge on any atom is -0.461 e. The van der Waals surface area contributed by atoms with Crippen LogP contribution in [0.25, 0.3) is 44.0 Å². The van der Waals surface area contributed by atoms with Gasteiger partial charge in [0, 0.05) is 69.4 Å². The van der Waals surface area contributed by atoms with Gasteiger partial charge in [-0.05, 0) is 127 Å². The number of carbonyl (C=O) groups excluding carboxylic acids is 4. The molecule has 0 spiro atoms. The van der Waals surface area contributed by atoms with Crippen molar-refractivity contribution in [3.8, 4) is 29.6 Å². The topological polar surface area (TPSA) is 196 Å². The molecule has 0 radical (unpaired) electrons. The lowest BCUT2D eigenvalue weighted by atomic mass is 9.95. The van der Waals surface area contributed by atoms with Crippen molar-refractivity contribution in [2.24, 2.45) is 7.05 Å². The summed E-state index contributed by atoms with van der Waals surface area (Å²) in [5, 5.41) is 3.75. The Morgan fingerprint density at radius 1 is 0.882 bits per heavy atom. The van der Waals surface area contributed by atoms with E-state index >= 15 is 8.78 Å². The van der Waals surface area contributed by atoms with Crippen molar-refractivity contribution in [3.63, 3.8) is 0 Å². The number of para-hydroxylation sites is 1. The van der Waals surface area contributed by atoms with Crippen molar-refractivity contribution in [2.45, 2.75) is 158 Å². The maximum atomic E-state index is 17.5. The number of aromatic nitrogens is 5. The summed E-state index contributed by atoms with van der Waals surface area (Å²) >= 11 is 0. The number of rotatable bonds is 16. The molecule has 19 nitrogen and oxygen atoms in total. The monoisotopic (exact) mass is 1160 g/mol. The molecule has 3 aromatic heterocycles. The minimum absolute atomic E-state index is 0.00329. The van der Waals surface area contributed by atoms with Gasteiger partial charge in [-0.25, -0.2) is 23.2 Å². The standard InChI is InChI=1S/C64H74F2N10O9/c1-6-45-48(65)22-19-39-15-11-17-46(52(39)45)54-53(66)55-47(34-67-54)57(73-35-41-20-21-42(36-73)75(41)62(81)85-63(2,3)4)70-59(69-55)84-38-64-28-13-30-74(64)43(25-29-64)37-83-61(80)72-31-26-44(27-32-72)82-33-10-8-7-9-14-40-16-12-18-49-56(40)71(5)60(79)76(49)50-23-24-51(77)68-58(50)78/h1,11-12,15-19,22,34,41-44,50H,7-10,13-14,20-21,23-33,35-38H2,2-5H3,(H,68,77,78)/t41?,42?,43-,50?,64-/m0/s1. The fourth-order valence-corrected chi connectivity index (χ4v) is 14.3. The molecule has 12 rings (SSSR count). The van der Waals surface area contributed by atoms with E-state index in [1.807, 2.05) is 43.9 Å². The van der Waals surface area contributed by atoms with E-state index in [1.165, 1.54) is 10.6 Å². The molecule has 5 atom stereocenters. The van der Waals surface area contributed by atoms with Crippen LogP contribution >= 0.6 is 0 Å². The number of piperazine rings is 1. The Kier molecular flexibility index (Phi) is 16.0. The fourth-order valence-electron chi connectivity index (χ4n) is 14.3. The van der Waals surface area contributed by atoms with Crippen LogP contribution in [-0.4, -0.2) is 151 Å². The van der Waals surface area contributed by atoms with E-state index in [2.05, 4.69) is 26.0 Å². The number of unbranched alkanes of at least 4 members (excludes halogenated alkanes) is 3. The lowest BCUT2D eigenvalue weighted by Crippen LogP contribution is -2.57. The number of halogens is 2. The lowest BCUT2D eigenvalue weighted by molar-refractivity contribution is -0.135. The van der Waals surface area contributed by atoms with Crippen molar-refractivity contribution >= 4 is 62.5 Å². The number of nitrogens with zero attached hydrogens (tertiary/aromatic N) is 9. The Labute approximate surface area is 492 Å². The first kappa shape index (κ1) is 57.7. The average Bonchev–Trinajstić information content (AvgIpc) is 3.95. The number of amides is 4. The Morgan fingerprint density at radius 2 is 1.66 bits per heavy atom. The van der Waals surface area contributed by atoms with Crippen LogP contribution in [0.3, 0.4) is 0 Å². The highest BCUT2D eigenvalue weighted by molar-refractivity contribution is 6.02. The van der Waals surface area contributed by atoms with Crippen molar-refractivity contribution < 1.29 is 46.9 Å². The molecule has 6 aromatic rings. The molecule has 4 amide bonds. The van der Waals surface area contributed by atoms with E-state index in [4.69, 9.17) is 35.3 Å². The number of carbonyl (C=O) groups is 4. The minimum atomic E-state index is -0.730. The number of nitrogens with one attached hydrogen (secondary N) is 1. The molecule has 3 unspecified atom stereocenters. The van der Waals surface area contributed by atoms with Crippen LogP contribution in [0, 0.1) is 24.0 Å². The predicted molar refractivity (Wildman–Crippen MR) is 315 cm³/mol. The molecule has 6 fully saturated rings. The zero-order valence-electron chi connectivity index (χ0n) is 48.9. The summed E-state index contributed by atoms with van der Waals surface area (Å²) in [4.78, 5) is 87.3. The van der Waals surface area contributed by atoms with Crippen LogP contribution in [0.4, 0.5) is 24.2 Å². The Morgan fingerprint density at radius 3 is 2.42 bits per heavy atom. The second kappa shape index (κ2) is 23.6. The summed E-state index contributed by atoms with van der Waals surface area (Å²) in [7, 11) is 1.73. The molecular weight excluding hydrogens is 1090 g/mol. The summed E-state index contributed by atoms with van der Waals surface area (Å²) in [6.07, 6.45) is 18.3. The molecule has 1 N–H and O–H groups in total.